The molecule has 0 saturated carbocycles. The predicted molar refractivity (Wildman–Crippen MR) is 149 cm³/mol. The highest BCUT2D eigenvalue weighted by molar-refractivity contribution is 14.1. The molecule has 2 N–H and O–H groups in total. The average Bonchev–Trinajstić information content (AvgIpc) is 3.30. The molecular formula is C27H25IN4OS. The molecule has 1 aliphatic rings. The maximum absolute atomic E-state index is 6.04. The van der Waals surface area contributed by atoms with Gasteiger partial charge in [0.1, 0.15) is 11.5 Å². The Balaban J connectivity index is 1.52. The van der Waals surface area contributed by atoms with Gasteiger partial charge in [-0.05, 0) is 104 Å². The van der Waals surface area contributed by atoms with E-state index in [-0.39, 0.29) is 12.1 Å². The quantitative estimate of drug-likeness (QED) is 0.199. The standard InChI is InChI=1S/C27H25IN4OS/c1-16-7-11-20(12-8-16)33-21-13-9-19(10-14-21)32-26(23-17(2)30-18(3)24(23)28)25(31-27(32)34)22-6-4-5-15-29-22/h4-15,25-26,30H,1-3H3,(H,31,34). The summed E-state index contributed by atoms with van der Waals surface area (Å²) in [6.07, 6.45) is 1.83. The van der Waals surface area contributed by atoms with Crippen molar-refractivity contribution in [3.63, 3.8) is 0 Å². The largest absolute Gasteiger partial charge is 0.457 e. The maximum Gasteiger partial charge on any atom is 0.174 e. The van der Waals surface area contributed by atoms with E-state index in [1.54, 1.807) is 0 Å². The number of anilines is 1. The van der Waals surface area contributed by atoms with E-state index < -0.39 is 0 Å². The third-order valence-corrected chi connectivity index (χ3v) is 7.81. The second kappa shape index (κ2) is 9.38. The number of nitrogens with zero attached hydrogens (tertiary/aromatic N) is 2. The van der Waals surface area contributed by atoms with Crippen molar-refractivity contribution < 1.29 is 4.74 Å². The molecule has 172 valence electrons. The van der Waals surface area contributed by atoms with E-state index in [1.165, 1.54) is 14.7 Å². The van der Waals surface area contributed by atoms with Crippen LogP contribution in [-0.2, 0) is 0 Å². The van der Waals surface area contributed by atoms with Gasteiger partial charge in [0, 0.05) is 32.4 Å². The maximum atomic E-state index is 6.04. The average molecular weight is 580 g/mol. The van der Waals surface area contributed by atoms with Crippen molar-refractivity contribution in [1.82, 2.24) is 15.3 Å². The number of halogens is 1. The molecule has 2 atom stereocenters. The van der Waals surface area contributed by atoms with E-state index in [2.05, 4.69) is 81.7 Å². The number of pyridine rings is 1. The molecule has 1 fully saturated rings. The Morgan fingerprint density at radius 2 is 1.59 bits per heavy atom. The van der Waals surface area contributed by atoms with Crippen molar-refractivity contribution >= 4 is 45.6 Å². The number of rotatable bonds is 5. The van der Waals surface area contributed by atoms with Gasteiger partial charge in [-0.3, -0.25) is 4.98 Å². The molecule has 5 nitrogen and oxygen atoms in total. The third kappa shape index (κ3) is 4.30. The Hall–Kier alpha value is -2.91. The lowest BCUT2D eigenvalue weighted by molar-refractivity contribution is 0.482. The van der Waals surface area contributed by atoms with Crippen LogP contribution in [0.1, 0.15) is 40.3 Å². The Kier molecular flexibility index (Phi) is 6.31. The zero-order valence-electron chi connectivity index (χ0n) is 19.2. The number of nitrogens with one attached hydrogen (secondary N) is 2. The van der Waals surface area contributed by atoms with Gasteiger partial charge in [0.2, 0.25) is 0 Å². The van der Waals surface area contributed by atoms with Gasteiger partial charge in [0.25, 0.3) is 0 Å². The highest BCUT2D eigenvalue weighted by Gasteiger charge is 2.43. The van der Waals surface area contributed by atoms with Crippen LogP contribution in [0, 0.1) is 24.3 Å². The molecule has 2 aromatic carbocycles. The molecule has 34 heavy (non-hydrogen) atoms. The summed E-state index contributed by atoms with van der Waals surface area (Å²) in [5.41, 5.74) is 6.71. The molecule has 7 heteroatoms. The van der Waals surface area contributed by atoms with E-state index in [4.69, 9.17) is 17.0 Å². The summed E-state index contributed by atoms with van der Waals surface area (Å²) in [5, 5.41) is 4.22. The number of hydrogen-bond acceptors (Lipinski definition) is 3. The van der Waals surface area contributed by atoms with Crippen LogP contribution in [0.25, 0.3) is 0 Å². The Morgan fingerprint density at radius 3 is 2.18 bits per heavy atom. The van der Waals surface area contributed by atoms with Crippen LogP contribution in [0.15, 0.2) is 72.9 Å². The number of aromatic amines is 1. The molecule has 1 aliphatic heterocycles. The minimum absolute atomic E-state index is 0.0388. The van der Waals surface area contributed by atoms with Gasteiger partial charge in [0.15, 0.2) is 5.11 Å². The van der Waals surface area contributed by atoms with Gasteiger partial charge < -0.3 is 19.9 Å². The molecule has 3 heterocycles. The fourth-order valence-corrected chi connectivity index (χ4v) is 5.67. The Bertz CT molecular complexity index is 1320. The Labute approximate surface area is 218 Å². The summed E-state index contributed by atoms with van der Waals surface area (Å²) in [6.45, 7) is 6.30. The number of aryl methyl sites for hydroxylation is 3. The topological polar surface area (TPSA) is 53.2 Å². The van der Waals surface area contributed by atoms with Crippen LogP contribution < -0.4 is 15.0 Å². The van der Waals surface area contributed by atoms with E-state index in [1.807, 2.05) is 54.7 Å². The fourth-order valence-electron chi connectivity index (χ4n) is 4.47. The molecule has 4 aromatic rings. The van der Waals surface area contributed by atoms with Crippen LogP contribution in [0.4, 0.5) is 5.69 Å². The number of benzene rings is 2. The highest BCUT2D eigenvalue weighted by Crippen LogP contribution is 2.44. The number of thiocarbonyl (C=S) groups is 1. The van der Waals surface area contributed by atoms with Crippen molar-refractivity contribution in [2.24, 2.45) is 0 Å². The van der Waals surface area contributed by atoms with Gasteiger partial charge >= 0.3 is 0 Å². The molecule has 0 spiro atoms. The zero-order valence-corrected chi connectivity index (χ0v) is 22.1. The summed E-state index contributed by atoms with van der Waals surface area (Å²) in [4.78, 5) is 10.4. The minimum Gasteiger partial charge on any atom is -0.457 e. The summed E-state index contributed by atoms with van der Waals surface area (Å²) >= 11 is 8.29. The monoisotopic (exact) mass is 580 g/mol. The summed E-state index contributed by atoms with van der Waals surface area (Å²) in [5.74, 6) is 1.60. The molecule has 0 radical (unpaired) electrons. The molecule has 5 rings (SSSR count). The lowest BCUT2D eigenvalue weighted by Crippen LogP contribution is -2.29. The normalized spacial score (nSPS) is 17.6. The van der Waals surface area contributed by atoms with E-state index in [0.29, 0.717) is 5.11 Å². The van der Waals surface area contributed by atoms with Crippen LogP contribution in [0.5, 0.6) is 11.5 Å². The van der Waals surface area contributed by atoms with Gasteiger partial charge in [-0.1, -0.05) is 23.8 Å². The minimum atomic E-state index is -0.0698. The van der Waals surface area contributed by atoms with Crippen LogP contribution >= 0.6 is 34.8 Å². The van der Waals surface area contributed by atoms with Crippen molar-refractivity contribution in [1.29, 1.82) is 0 Å². The number of ether oxygens (including phenoxy) is 1. The molecule has 0 aliphatic carbocycles. The SMILES string of the molecule is Cc1ccc(Oc2ccc(N3C(=S)NC(c4ccccn4)C3c3c(C)[nH]c(C)c3I)cc2)cc1. The first-order chi connectivity index (χ1) is 16.4. The molecule has 2 aromatic heterocycles. The summed E-state index contributed by atoms with van der Waals surface area (Å²) in [7, 11) is 0. The van der Waals surface area contributed by atoms with E-state index >= 15 is 0 Å². The lowest BCUT2D eigenvalue weighted by Gasteiger charge is -2.28. The van der Waals surface area contributed by atoms with Crippen molar-refractivity contribution in [2.75, 3.05) is 4.90 Å². The van der Waals surface area contributed by atoms with Gasteiger partial charge in [-0.2, -0.15) is 0 Å². The van der Waals surface area contributed by atoms with Crippen molar-refractivity contribution in [3.8, 4) is 11.5 Å². The molecule has 0 bridgehead atoms. The predicted octanol–water partition coefficient (Wildman–Crippen LogP) is 6.91. The van der Waals surface area contributed by atoms with Crippen LogP contribution in [0.2, 0.25) is 0 Å². The Morgan fingerprint density at radius 1 is 0.912 bits per heavy atom. The van der Waals surface area contributed by atoms with Crippen LogP contribution in [-0.4, -0.2) is 15.1 Å². The number of hydrogen-bond donors (Lipinski definition) is 2. The van der Waals surface area contributed by atoms with E-state index in [9.17, 15) is 0 Å². The summed E-state index contributed by atoms with van der Waals surface area (Å²) in [6, 6.07) is 22.1. The number of aromatic nitrogens is 2. The first kappa shape index (κ1) is 22.9. The molecule has 1 saturated heterocycles. The van der Waals surface area contributed by atoms with E-state index in [0.717, 1.165) is 34.3 Å². The first-order valence-corrected chi connectivity index (χ1v) is 12.6. The second-order valence-corrected chi connectivity index (χ2v) is 9.97. The fraction of sp³-hybridized carbons (Fsp3) is 0.185. The van der Waals surface area contributed by atoms with Gasteiger partial charge in [0.05, 0.1) is 17.8 Å². The smallest absolute Gasteiger partial charge is 0.174 e. The molecular weight excluding hydrogens is 555 g/mol. The second-order valence-electron chi connectivity index (χ2n) is 8.51. The highest BCUT2D eigenvalue weighted by atomic mass is 127. The van der Waals surface area contributed by atoms with Gasteiger partial charge in [-0.25, -0.2) is 0 Å². The third-order valence-electron chi connectivity index (χ3n) is 6.11. The number of H-pyrrole nitrogens is 1. The van der Waals surface area contributed by atoms with Crippen molar-refractivity contribution in [2.45, 2.75) is 32.9 Å². The summed E-state index contributed by atoms with van der Waals surface area (Å²) < 4.78 is 7.26. The van der Waals surface area contributed by atoms with Crippen molar-refractivity contribution in [3.05, 3.63) is 105 Å². The van der Waals surface area contributed by atoms with Crippen LogP contribution in [0.3, 0.4) is 0 Å². The molecule has 0 amide bonds. The van der Waals surface area contributed by atoms with Gasteiger partial charge in [-0.15, -0.1) is 0 Å². The first-order valence-electron chi connectivity index (χ1n) is 11.1. The zero-order chi connectivity index (χ0) is 23.8. The molecule has 2 unspecified atom stereocenters. The lowest BCUT2D eigenvalue weighted by atomic mass is 9.96.